The average molecular weight is 217 g/mol. The quantitative estimate of drug-likeness (QED) is 0.746. The predicted molar refractivity (Wildman–Crippen MR) is 62.0 cm³/mol. The number of aryl methyl sites for hydroxylation is 1. The van der Waals surface area contributed by atoms with Crippen molar-refractivity contribution in [2.24, 2.45) is 0 Å². The first-order valence-electron chi connectivity index (χ1n) is 5.42. The van der Waals surface area contributed by atoms with Gasteiger partial charge in [0.15, 0.2) is 0 Å². The van der Waals surface area contributed by atoms with Crippen LogP contribution in [0.2, 0.25) is 0 Å². The van der Waals surface area contributed by atoms with E-state index in [1.54, 1.807) is 12.4 Å². The molecule has 2 aromatic heterocycles. The summed E-state index contributed by atoms with van der Waals surface area (Å²) in [7, 11) is 0. The standard InChI is InChI=1S/C11H15N5/c1(2-8-16-9-7-12-10-16)5-13-11-4-3-6-14-15-11/h3-4,6-7,9-10H,1-2,5,8H2,(H,13,15). The van der Waals surface area contributed by atoms with Crippen LogP contribution in [0.3, 0.4) is 0 Å². The van der Waals surface area contributed by atoms with Crippen molar-refractivity contribution in [2.45, 2.75) is 19.4 Å². The highest BCUT2D eigenvalue weighted by molar-refractivity contribution is 5.30. The number of unbranched alkanes of at least 4 members (excludes halogenated alkanes) is 1. The molecule has 0 aliphatic heterocycles. The molecule has 2 aromatic rings. The van der Waals surface area contributed by atoms with Gasteiger partial charge in [-0.25, -0.2) is 4.98 Å². The Morgan fingerprint density at radius 1 is 1.25 bits per heavy atom. The summed E-state index contributed by atoms with van der Waals surface area (Å²) in [6, 6.07) is 3.80. The zero-order valence-electron chi connectivity index (χ0n) is 9.08. The maximum absolute atomic E-state index is 4.00. The Labute approximate surface area is 94.5 Å². The smallest absolute Gasteiger partial charge is 0.148 e. The first-order valence-corrected chi connectivity index (χ1v) is 5.42. The summed E-state index contributed by atoms with van der Waals surface area (Å²) in [5.74, 6) is 0.838. The molecule has 0 aliphatic rings. The Balaban J connectivity index is 1.59. The molecule has 0 fully saturated rings. The van der Waals surface area contributed by atoms with Gasteiger partial charge in [0.05, 0.1) is 6.33 Å². The zero-order valence-corrected chi connectivity index (χ0v) is 9.08. The number of hydrogen-bond acceptors (Lipinski definition) is 4. The van der Waals surface area contributed by atoms with E-state index in [0.717, 1.165) is 31.7 Å². The first-order chi connectivity index (χ1) is 7.95. The molecule has 1 N–H and O–H groups in total. The molecule has 5 nitrogen and oxygen atoms in total. The van der Waals surface area contributed by atoms with E-state index in [1.165, 1.54) is 0 Å². The monoisotopic (exact) mass is 217 g/mol. The maximum Gasteiger partial charge on any atom is 0.148 e. The Hall–Kier alpha value is -1.91. The van der Waals surface area contributed by atoms with Crippen LogP contribution in [0.25, 0.3) is 0 Å². The molecule has 2 rings (SSSR count). The van der Waals surface area contributed by atoms with E-state index >= 15 is 0 Å². The number of nitrogens with one attached hydrogen (secondary N) is 1. The van der Waals surface area contributed by atoms with E-state index in [0.29, 0.717) is 0 Å². The van der Waals surface area contributed by atoms with E-state index in [9.17, 15) is 0 Å². The van der Waals surface area contributed by atoms with Crippen LogP contribution in [0.1, 0.15) is 12.8 Å². The molecule has 0 unspecified atom stereocenters. The fourth-order valence-electron chi connectivity index (χ4n) is 1.45. The van der Waals surface area contributed by atoms with Crippen molar-refractivity contribution < 1.29 is 0 Å². The summed E-state index contributed by atoms with van der Waals surface area (Å²) in [5.41, 5.74) is 0. The van der Waals surface area contributed by atoms with Crippen LogP contribution in [-0.4, -0.2) is 26.3 Å². The molecule has 0 atom stereocenters. The van der Waals surface area contributed by atoms with Crippen molar-refractivity contribution in [2.75, 3.05) is 11.9 Å². The van der Waals surface area contributed by atoms with Gasteiger partial charge in [0.1, 0.15) is 5.82 Å². The lowest BCUT2D eigenvalue weighted by molar-refractivity contribution is 0.620. The van der Waals surface area contributed by atoms with Crippen molar-refractivity contribution in [3.63, 3.8) is 0 Å². The van der Waals surface area contributed by atoms with Crippen LogP contribution in [0.4, 0.5) is 5.82 Å². The third kappa shape index (κ3) is 3.34. The summed E-state index contributed by atoms with van der Waals surface area (Å²) in [5, 5.41) is 11.0. The van der Waals surface area contributed by atoms with Gasteiger partial charge < -0.3 is 9.88 Å². The predicted octanol–water partition coefficient (Wildman–Crippen LogP) is 1.57. The summed E-state index contributed by atoms with van der Waals surface area (Å²) in [6.45, 7) is 1.94. The van der Waals surface area contributed by atoms with Gasteiger partial charge in [-0.05, 0) is 25.0 Å². The highest BCUT2D eigenvalue weighted by Gasteiger charge is 1.93. The van der Waals surface area contributed by atoms with Crippen molar-refractivity contribution in [3.05, 3.63) is 37.1 Å². The van der Waals surface area contributed by atoms with Crippen LogP contribution in [0.15, 0.2) is 37.1 Å². The van der Waals surface area contributed by atoms with Gasteiger partial charge in [-0.1, -0.05) is 0 Å². The SMILES string of the molecule is c1cnnc(NCCCCn2ccnc2)c1. The molecule has 2 heterocycles. The minimum atomic E-state index is 0.838. The van der Waals surface area contributed by atoms with Crippen molar-refractivity contribution >= 4 is 5.82 Å². The summed E-state index contributed by atoms with van der Waals surface area (Å²) in [6.07, 6.45) is 9.53. The number of nitrogens with zero attached hydrogens (tertiary/aromatic N) is 4. The highest BCUT2D eigenvalue weighted by atomic mass is 15.2. The largest absolute Gasteiger partial charge is 0.369 e. The van der Waals surface area contributed by atoms with Gasteiger partial charge in [0, 0.05) is 31.7 Å². The fourth-order valence-corrected chi connectivity index (χ4v) is 1.45. The summed E-state index contributed by atoms with van der Waals surface area (Å²) >= 11 is 0. The Morgan fingerprint density at radius 3 is 3.00 bits per heavy atom. The Bertz CT molecular complexity index is 384. The van der Waals surface area contributed by atoms with E-state index in [-0.39, 0.29) is 0 Å². The van der Waals surface area contributed by atoms with Crippen LogP contribution in [0, 0.1) is 0 Å². The van der Waals surface area contributed by atoms with Crippen molar-refractivity contribution in [1.82, 2.24) is 19.7 Å². The van der Waals surface area contributed by atoms with Gasteiger partial charge in [-0.3, -0.25) is 0 Å². The van der Waals surface area contributed by atoms with Crippen LogP contribution in [0.5, 0.6) is 0 Å². The summed E-state index contributed by atoms with van der Waals surface area (Å²) < 4.78 is 2.09. The van der Waals surface area contributed by atoms with Gasteiger partial charge >= 0.3 is 0 Å². The number of imidazole rings is 1. The second kappa shape index (κ2) is 5.85. The molecule has 0 saturated carbocycles. The maximum atomic E-state index is 4.00. The van der Waals surface area contributed by atoms with E-state index in [1.807, 2.05) is 24.7 Å². The number of rotatable bonds is 6. The lowest BCUT2D eigenvalue weighted by Crippen LogP contribution is -2.05. The van der Waals surface area contributed by atoms with Gasteiger partial charge in [0.2, 0.25) is 0 Å². The summed E-state index contributed by atoms with van der Waals surface area (Å²) in [4.78, 5) is 4.00. The van der Waals surface area contributed by atoms with Crippen molar-refractivity contribution in [3.8, 4) is 0 Å². The fraction of sp³-hybridized carbons (Fsp3) is 0.364. The van der Waals surface area contributed by atoms with Gasteiger partial charge in [-0.2, -0.15) is 5.10 Å². The zero-order chi connectivity index (χ0) is 11.1. The molecule has 0 aromatic carbocycles. The van der Waals surface area contributed by atoms with Gasteiger partial charge in [-0.15, -0.1) is 5.10 Å². The van der Waals surface area contributed by atoms with Crippen LogP contribution < -0.4 is 5.32 Å². The molecule has 16 heavy (non-hydrogen) atoms. The minimum absolute atomic E-state index is 0.838. The molecule has 0 bridgehead atoms. The van der Waals surface area contributed by atoms with Crippen LogP contribution in [-0.2, 0) is 6.54 Å². The number of hydrogen-bond donors (Lipinski definition) is 1. The molecule has 0 amide bonds. The lowest BCUT2D eigenvalue weighted by atomic mass is 10.3. The average Bonchev–Trinajstić information content (AvgIpc) is 2.83. The molecule has 5 heteroatoms. The highest BCUT2D eigenvalue weighted by Crippen LogP contribution is 2.00. The number of aromatic nitrogens is 4. The van der Waals surface area contributed by atoms with Crippen molar-refractivity contribution in [1.29, 1.82) is 0 Å². The minimum Gasteiger partial charge on any atom is -0.369 e. The molecule has 0 radical (unpaired) electrons. The van der Waals surface area contributed by atoms with E-state index in [4.69, 9.17) is 0 Å². The van der Waals surface area contributed by atoms with E-state index < -0.39 is 0 Å². The Kier molecular flexibility index (Phi) is 3.87. The molecule has 84 valence electrons. The van der Waals surface area contributed by atoms with E-state index in [2.05, 4.69) is 25.1 Å². The topological polar surface area (TPSA) is 55.6 Å². The number of anilines is 1. The van der Waals surface area contributed by atoms with Gasteiger partial charge in [0.25, 0.3) is 0 Å². The lowest BCUT2D eigenvalue weighted by Gasteiger charge is -2.04. The molecule has 0 saturated heterocycles. The third-order valence-electron chi connectivity index (χ3n) is 2.28. The molecule has 0 spiro atoms. The molecular formula is C11H15N5. The molecule has 0 aliphatic carbocycles. The third-order valence-corrected chi connectivity index (χ3v) is 2.28. The second-order valence-electron chi connectivity index (χ2n) is 3.54. The molecular weight excluding hydrogens is 202 g/mol. The normalized spacial score (nSPS) is 10.2. The van der Waals surface area contributed by atoms with Crippen LogP contribution >= 0.6 is 0 Å². The Morgan fingerprint density at radius 2 is 2.25 bits per heavy atom. The second-order valence-corrected chi connectivity index (χ2v) is 3.54. The first kappa shape index (κ1) is 10.6.